The van der Waals surface area contributed by atoms with E-state index in [0.717, 1.165) is 5.70 Å². The van der Waals surface area contributed by atoms with Crippen molar-refractivity contribution >= 4 is 40.6 Å². The van der Waals surface area contributed by atoms with E-state index in [1.807, 2.05) is 25.1 Å². The summed E-state index contributed by atoms with van der Waals surface area (Å²) < 4.78 is 5.38. The number of anilines is 1. The van der Waals surface area contributed by atoms with Crippen LogP contribution in [0.4, 0.5) is 5.69 Å². The van der Waals surface area contributed by atoms with Gasteiger partial charge in [0.25, 0.3) is 5.91 Å². The van der Waals surface area contributed by atoms with E-state index in [9.17, 15) is 9.59 Å². The maximum absolute atomic E-state index is 13.7. The Labute approximate surface area is 203 Å². The number of carbonyl (C=O) groups excluding carboxylic acids is 2. The van der Waals surface area contributed by atoms with Crippen LogP contribution in [0.5, 0.6) is 5.75 Å². The molecule has 1 atom stereocenters. The van der Waals surface area contributed by atoms with E-state index in [0.29, 0.717) is 56.7 Å². The molecule has 0 fully saturated rings. The van der Waals surface area contributed by atoms with Crippen molar-refractivity contribution in [1.29, 1.82) is 0 Å². The summed E-state index contributed by atoms with van der Waals surface area (Å²) in [7, 11) is 1.55. The first-order chi connectivity index (χ1) is 15.6. The zero-order valence-electron chi connectivity index (χ0n) is 19.0. The van der Waals surface area contributed by atoms with Crippen LogP contribution in [0.25, 0.3) is 0 Å². The average molecular weight is 485 g/mol. The van der Waals surface area contributed by atoms with Crippen LogP contribution < -0.4 is 15.4 Å². The molecule has 2 aromatic carbocycles. The Bertz CT molecular complexity index is 1210. The summed E-state index contributed by atoms with van der Waals surface area (Å²) in [4.78, 5) is 27.1. The molecule has 0 saturated carbocycles. The minimum Gasteiger partial charge on any atom is -0.495 e. The van der Waals surface area contributed by atoms with Gasteiger partial charge >= 0.3 is 0 Å². The third-order valence-electron chi connectivity index (χ3n) is 6.13. The molecule has 1 heterocycles. The van der Waals surface area contributed by atoms with Gasteiger partial charge in [-0.3, -0.25) is 9.59 Å². The SMILES string of the molecule is COc1ccccc1NC(=O)C1=C(C)NC2=C(C(=O)CC(C)(C)C2)[C@@H]1c1cccc(Cl)c1Cl. The second-order valence-electron chi connectivity index (χ2n) is 9.23. The standard InChI is InChI=1S/C26H26Cl2N2O3/c1-14-21(25(32)30-17-10-5-6-11-20(17)33-4)22(15-8-7-9-16(27)24(15)28)23-18(29-14)12-26(2,3)13-19(23)31/h5-11,22,29H,12-13H2,1-4H3,(H,30,32)/t22-/m1/s1. The zero-order valence-corrected chi connectivity index (χ0v) is 20.5. The molecule has 2 aliphatic rings. The highest BCUT2D eigenvalue weighted by molar-refractivity contribution is 6.42. The van der Waals surface area contributed by atoms with Gasteiger partial charge < -0.3 is 15.4 Å². The van der Waals surface area contributed by atoms with E-state index in [-0.39, 0.29) is 17.1 Å². The Hall–Kier alpha value is -2.76. The number of hydrogen-bond acceptors (Lipinski definition) is 4. The summed E-state index contributed by atoms with van der Waals surface area (Å²) in [6, 6.07) is 12.5. The molecule has 0 unspecified atom stereocenters. The van der Waals surface area contributed by atoms with Gasteiger partial charge in [-0.05, 0) is 42.5 Å². The number of carbonyl (C=O) groups is 2. The lowest BCUT2D eigenvalue weighted by molar-refractivity contribution is -0.118. The Morgan fingerprint density at radius 1 is 1.12 bits per heavy atom. The third-order valence-corrected chi connectivity index (χ3v) is 6.97. The fraction of sp³-hybridized carbons (Fsp3) is 0.308. The molecule has 33 heavy (non-hydrogen) atoms. The second-order valence-corrected chi connectivity index (χ2v) is 10.0. The van der Waals surface area contributed by atoms with Crippen molar-refractivity contribution < 1.29 is 14.3 Å². The highest BCUT2D eigenvalue weighted by Crippen LogP contribution is 2.48. The molecule has 7 heteroatoms. The molecule has 1 aliphatic carbocycles. The second kappa shape index (κ2) is 8.88. The lowest BCUT2D eigenvalue weighted by Gasteiger charge is -2.40. The number of Topliss-reactive ketones (excluding diaryl/α,β-unsaturated/α-hetero) is 1. The van der Waals surface area contributed by atoms with Crippen molar-refractivity contribution in [3.8, 4) is 5.75 Å². The van der Waals surface area contributed by atoms with Crippen LogP contribution >= 0.6 is 23.2 Å². The number of rotatable bonds is 4. The van der Waals surface area contributed by atoms with Gasteiger partial charge in [-0.15, -0.1) is 0 Å². The molecule has 0 saturated heterocycles. The van der Waals surface area contributed by atoms with E-state index in [1.165, 1.54) is 0 Å². The molecule has 0 bridgehead atoms. The molecular weight excluding hydrogens is 459 g/mol. The number of dihydropyridines is 1. The quantitative estimate of drug-likeness (QED) is 0.538. The zero-order chi connectivity index (χ0) is 23.9. The predicted octanol–water partition coefficient (Wildman–Crippen LogP) is 6.24. The highest BCUT2D eigenvalue weighted by Gasteiger charge is 2.43. The van der Waals surface area contributed by atoms with Crippen LogP contribution in [0, 0.1) is 5.41 Å². The van der Waals surface area contributed by atoms with Crippen molar-refractivity contribution in [1.82, 2.24) is 5.32 Å². The summed E-state index contributed by atoms with van der Waals surface area (Å²) in [6.07, 6.45) is 1.09. The number of ketones is 1. The van der Waals surface area contributed by atoms with Crippen LogP contribution in [-0.4, -0.2) is 18.8 Å². The topological polar surface area (TPSA) is 67.4 Å². The summed E-state index contributed by atoms with van der Waals surface area (Å²) >= 11 is 13.0. The molecule has 172 valence electrons. The van der Waals surface area contributed by atoms with Crippen molar-refractivity contribution in [3.63, 3.8) is 0 Å². The Morgan fingerprint density at radius 3 is 2.58 bits per heavy atom. The van der Waals surface area contributed by atoms with Gasteiger partial charge in [-0.1, -0.05) is 61.3 Å². The van der Waals surface area contributed by atoms with Crippen molar-refractivity contribution in [2.75, 3.05) is 12.4 Å². The minimum atomic E-state index is -0.634. The number of hydrogen-bond donors (Lipinski definition) is 2. The molecule has 4 rings (SSSR count). The van der Waals surface area contributed by atoms with Crippen LogP contribution in [0.3, 0.4) is 0 Å². The number of methoxy groups -OCH3 is 1. The van der Waals surface area contributed by atoms with Gasteiger partial charge in [-0.2, -0.15) is 0 Å². The summed E-state index contributed by atoms with van der Waals surface area (Å²) in [6.45, 7) is 5.99. The number of benzene rings is 2. The van der Waals surface area contributed by atoms with Gasteiger partial charge in [0.1, 0.15) is 5.75 Å². The Morgan fingerprint density at radius 2 is 1.85 bits per heavy atom. The van der Waals surface area contributed by atoms with E-state index in [2.05, 4.69) is 24.5 Å². The summed E-state index contributed by atoms with van der Waals surface area (Å²) in [5.74, 6) is -0.425. The number of ether oxygens (including phenoxy) is 1. The average Bonchev–Trinajstić information content (AvgIpc) is 2.74. The molecule has 0 aromatic heterocycles. The monoisotopic (exact) mass is 484 g/mol. The Balaban J connectivity index is 1.86. The number of para-hydroxylation sites is 2. The maximum Gasteiger partial charge on any atom is 0.254 e. The van der Waals surface area contributed by atoms with Crippen LogP contribution in [0.15, 0.2) is 65.0 Å². The van der Waals surface area contributed by atoms with Crippen LogP contribution in [-0.2, 0) is 9.59 Å². The predicted molar refractivity (Wildman–Crippen MR) is 132 cm³/mol. The van der Waals surface area contributed by atoms with E-state index in [4.69, 9.17) is 27.9 Å². The van der Waals surface area contributed by atoms with E-state index in [1.54, 1.807) is 31.4 Å². The van der Waals surface area contributed by atoms with Gasteiger partial charge in [0.05, 0.1) is 22.8 Å². The molecular formula is C26H26Cl2N2O3. The van der Waals surface area contributed by atoms with Crippen molar-refractivity contribution in [2.45, 2.75) is 39.5 Å². The van der Waals surface area contributed by atoms with E-state index >= 15 is 0 Å². The number of amides is 1. The maximum atomic E-state index is 13.7. The molecule has 2 aromatic rings. The molecule has 0 spiro atoms. The molecule has 1 aliphatic heterocycles. The number of halogens is 2. The van der Waals surface area contributed by atoms with Gasteiger partial charge in [0.2, 0.25) is 0 Å². The highest BCUT2D eigenvalue weighted by atomic mass is 35.5. The van der Waals surface area contributed by atoms with Gasteiger partial charge in [-0.25, -0.2) is 0 Å². The molecule has 0 radical (unpaired) electrons. The largest absolute Gasteiger partial charge is 0.495 e. The minimum absolute atomic E-state index is 0.00452. The lowest BCUT2D eigenvalue weighted by atomic mass is 9.68. The normalized spacial score (nSPS) is 19.7. The summed E-state index contributed by atoms with van der Waals surface area (Å²) in [5, 5.41) is 7.02. The molecule has 2 N–H and O–H groups in total. The summed E-state index contributed by atoms with van der Waals surface area (Å²) in [5.41, 5.74) is 3.51. The number of allylic oxidation sites excluding steroid dienone is 3. The van der Waals surface area contributed by atoms with Crippen LogP contribution in [0.2, 0.25) is 10.0 Å². The lowest BCUT2D eigenvalue weighted by Crippen LogP contribution is -2.39. The number of nitrogens with one attached hydrogen (secondary N) is 2. The molecule has 1 amide bonds. The first kappa shape index (κ1) is 23.4. The first-order valence-corrected chi connectivity index (χ1v) is 11.5. The fourth-order valence-electron chi connectivity index (χ4n) is 4.73. The van der Waals surface area contributed by atoms with Crippen molar-refractivity contribution in [3.05, 3.63) is 80.6 Å². The van der Waals surface area contributed by atoms with Crippen LogP contribution in [0.1, 0.15) is 45.1 Å². The van der Waals surface area contributed by atoms with Crippen molar-refractivity contribution in [2.24, 2.45) is 5.41 Å². The molecule has 5 nitrogen and oxygen atoms in total. The van der Waals surface area contributed by atoms with Gasteiger partial charge in [0, 0.05) is 34.9 Å². The smallest absolute Gasteiger partial charge is 0.254 e. The fourth-order valence-corrected chi connectivity index (χ4v) is 5.15. The van der Waals surface area contributed by atoms with E-state index < -0.39 is 5.92 Å². The third kappa shape index (κ3) is 4.40. The van der Waals surface area contributed by atoms with Gasteiger partial charge in [0.15, 0.2) is 5.78 Å². The Kier molecular flexibility index (Phi) is 6.30. The first-order valence-electron chi connectivity index (χ1n) is 10.8.